The Hall–Kier alpha value is -2.14. The molecule has 1 heterocycles. The molecule has 0 fully saturated rings. The van der Waals surface area contributed by atoms with E-state index in [0.717, 1.165) is 24.0 Å². The van der Waals surface area contributed by atoms with Crippen LogP contribution in [0.25, 0.3) is 0 Å². The van der Waals surface area contributed by atoms with Gasteiger partial charge < -0.3 is 15.6 Å². The van der Waals surface area contributed by atoms with E-state index in [4.69, 9.17) is 15.6 Å². The number of hydrogen-bond acceptors (Lipinski definition) is 5. The van der Waals surface area contributed by atoms with E-state index in [9.17, 15) is 0 Å². The second-order valence-electron chi connectivity index (χ2n) is 4.61. The highest BCUT2D eigenvalue weighted by atomic mass is 16.5. The molecule has 106 valence electrons. The molecule has 0 saturated carbocycles. The van der Waals surface area contributed by atoms with Gasteiger partial charge in [-0.1, -0.05) is 19.1 Å². The summed E-state index contributed by atoms with van der Waals surface area (Å²) in [5.41, 5.74) is 7.46. The summed E-state index contributed by atoms with van der Waals surface area (Å²) in [5.74, 6) is 2.28. The predicted molar refractivity (Wildman–Crippen MR) is 77.6 cm³/mol. The van der Waals surface area contributed by atoms with E-state index in [2.05, 4.69) is 16.9 Å². The van der Waals surface area contributed by atoms with Crippen molar-refractivity contribution < 1.29 is 9.84 Å². The van der Waals surface area contributed by atoms with Crippen LogP contribution >= 0.6 is 0 Å². The molecule has 0 radical (unpaired) electrons. The first-order chi connectivity index (χ1) is 9.63. The number of hydrogen-bond donors (Lipinski definition) is 2. The fourth-order valence-corrected chi connectivity index (χ4v) is 1.77. The van der Waals surface area contributed by atoms with Gasteiger partial charge in [0.25, 0.3) is 0 Å². The van der Waals surface area contributed by atoms with Gasteiger partial charge in [-0.2, -0.15) is 4.98 Å². The number of benzene rings is 1. The van der Waals surface area contributed by atoms with Crippen molar-refractivity contribution in [1.82, 2.24) is 9.97 Å². The van der Waals surface area contributed by atoms with E-state index in [-0.39, 0.29) is 6.61 Å². The Morgan fingerprint density at radius 1 is 1.20 bits per heavy atom. The fraction of sp³-hybridized carbons (Fsp3) is 0.333. The predicted octanol–water partition coefficient (Wildman–Crippen LogP) is 2.60. The summed E-state index contributed by atoms with van der Waals surface area (Å²) < 4.78 is 5.76. The van der Waals surface area contributed by atoms with Crippen LogP contribution in [-0.2, 0) is 13.0 Å². The van der Waals surface area contributed by atoms with E-state index in [1.165, 1.54) is 0 Å². The summed E-state index contributed by atoms with van der Waals surface area (Å²) in [4.78, 5) is 8.64. The number of nitrogens with zero attached hydrogens (tertiary/aromatic N) is 2. The van der Waals surface area contributed by atoms with Crippen molar-refractivity contribution in [1.29, 1.82) is 0 Å². The molecular weight excluding hydrogens is 254 g/mol. The Bertz CT molecular complexity index is 582. The summed E-state index contributed by atoms with van der Waals surface area (Å²) >= 11 is 0. The smallest absolute Gasteiger partial charge is 0.227 e. The van der Waals surface area contributed by atoms with Crippen LogP contribution in [0, 0.1) is 6.92 Å². The van der Waals surface area contributed by atoms with Crippen LogP contribution < -0.4 is 10.5 Å². The van der Waals surface area contributed by atoms with Crippen LogP contribution in [0.15, 0.2) is 24.3 Å². The largest absolute Gasteiger partial charge is 0.439 e. The van der Waals surface area contributed by atoms with Gasteiger partial charge in [-0.3, -0.25) is 0 Å². The van der Waals surface area contributed by atoms with E-state index in [1.807, 2.05) is 19.1 Å². The molecule has 3 N–H and O–H groups in total. The molecule has 2 rings (SSSR count). The summed E-state index contributed by atoms with van der Waals surface area (Å²) in [6.07, 6.45) is 1.72. The highest BCUT2D eigenvalue weighted by molar-refractivity contribution is 5.46. The minimum absolute atomic E-state index is 0.0143. The molecule has 2 aromatic rings. The summed E-state index contributed by atoms with van der Waals surface area (Å²) in [5, 5.41) is 9.02. The lowest BCUT2D eigenvalue weighted by atomic mass is 10.2. The maximum absolute atomic E-state index is 9.02. The van der Waals surface area contributed by atoms with Gasteiger partial charge in [0, 0.05) is 6.42 Å². The standard InChI is InChI=1S/C15H19N3O2/c1-3-4-13-17-14(16)10(2)15(18-13)20-12-7-5-11(9-19)6-8-12/h5-8,19H,3-4,9H2,1-2H3,(H2,16,17,18). The lowest BCUT2D eigenvalue weighted by Crippen LogP contribution is -2.05. The minimum atomic E-state index is 0.0143. The molecular formula is C15H19N3O2. The first-order valence-corrected chi connectivity index (χ1v) is 6.64. The zero-order valence-corrected chi connectivity index (χ0v) is 11.8. The third kappa shape index (κ3) is 3.24. The quantitative estimate of drug-likeness (QED) is 0.875. The zero-order valence-electron chi connectivity index (χ0n) is 11.8. The number of aryl methyl sites for hydroxylation is 1. The van der Waals surface area contributed by atoms with Crippen LogP contribution in [0.3, 0.4) is 0 Å². The molecule has 1 aromatic heterocycles. The van der Waals surface area contributed by atoms with Crippen LogP contribution in [-0.4, -0.2) is 15.1 Å². The number of rotatable bonds is 5. The van der Waals surface area contributed by atoms with Gasteiger partial charge in [0.2, 0.25) is 5.88 Å². The number of aromatic nitrogens is 2. The number of anilines is 1. The third-order valence-electron chi connectivity index (χ3n) is 2.98. The normalized spacial score (nSPS) is 10.6. The van der Waals surface area contributed by atoms with Gasteiger partial charge in [0.1, 0.15) is 17.4 Å². The molecule has 0 bridgehead atoms. The Morgan fingerprint density at radius 3 is 2.50 bits per heavy atom. The number of nitrogen functional groups attached to an aromatic ring is 1. The average molecular weight is 273 g/mol. The molecule has 0 saturated heterocycles. The first-order valence-electron chi connectivity index (χ1n) is 6.64. The van der Waals surface area contributed by atoms with Crippen LogP contribution in [0.5, 0.6) is 11.6 Å². The molecule has 0 aliphatic carbocycles. The van der Waals surface area contributed by atoms with E-state index < -0.39 is 0 Å². The molecule has 0 atom stereocenters. The Morgan fingerprint density at radius 2 is 1.90 bits per heavy atom. The van der Waals surface area contributed by atoms with E-state index in [1.54, 1.807) is 12.1 Å². The topological polar surface area (TPSA) is 81.3 Å². The zero-order chi connectivity index (χ0) is 14.5. The van der Waals surface area contributed by atoms with Gasteiger partial charge in [0.05, 0.1) is 12.2 Å². The monoisotopic (exact) mass is 273 g/mol. The van der Waals surface area contributed by atoms with Crippen LogP contribution in [0.4, 0.5) is 5.82 Å². The van der Waals surface area contributed by atoms with Crippen molar-refractivity contribution in [3.8, 4) is 11.6 Å². The van der Waals surface area contributed by atoms with Crippen LogP contribution in [0.2, 0.25) is 0 Å². The van der Waals surface area contributed by atoms with Gasteiger partial charge in [0.15, 0.2) is 0 Å². The van der Waals surface area contributed by atoms with Crippen molar-refractivity contribution >= 4 is 5.82 Å². The van der Waals surface area contributed by atoms with Crippen molar-refractivity contribution in [3.05, 3.63) is 41.2 Å². The van der Waals surface area contributed by atoms with Gasteiger partial charge in [-0.15, -0.1) is 0 Å². The molecule has 0 unspecified atom stereocenters. The van der Waals surface area contributed by atoms with Crippen LogP contribution in [0.1, 0.15) is 30.3 Å². The maximum atomic E-state index is 9.02. The lowest BCUT2D eigenvalue weighted by Gasteiger charge is -2.11. The highest BCUT2D eigenvalue weighted by Gasteiger charge is 2.10. The third-order valence-corrected chi connectivity index (χ3v) is 2.98. The SMILES string of the molecule is CCCc1nc(N)c(C)c(Oc2ccc(CO)cc2)n1. The van der Waals surface area contributed by atoms with Gasteiger partial charge in [-0.25, -0.2) is 4.98 Å². The van der Waals surface area contributed by atoms with E-state index >= 15 is 0 Å². The molecule has 0 aliphatic rings. The average Bonchev–Trinajstić information content (AvgIpc) is 2.45. The molecule has 0 spiro atoms. The Labute approximate surface area is 118 Å². The summed E-state index contributed by atoms with van der Waals surface area (Å²) in [6.45, 7) is 3.91. The maximum Gasteiger partial charge on any atom is 0.227 e. The second kappa shape index (κ2) is 6.34. The van der Waals surface area contributed by atoms with Crippen molar-refractivity contribution in [2.45, 2.75) is 33.3 Å². The van der Waals surface area contributed by atoms with Crippen molar-refractivity contribution in [3.63, 3.8) is 0 Å². The number of ether oxygens (including phenoxy) is 1. The molecule has 0 aliphatic heterocycles. The number of aliphatic hydroxyl groups excluding tert-OH is 1. The molecule has 5 nitrogen and oxygen atoms in total. The van der Waals surface area contributed by atoms with E-state index in [0.29, 0.717) is 23.3 Å². The number of aliphatic hydroxyl groups is 1. The first kappa shape index (κ1) is 14.3. The second-order valence-corrected chi connectivity index (χ2v) is 4.61. The Kier molecular flexibility index (Phi) is 4.53. The number of nitrogens with two attached hydrogens (primary N) is 1. The fourth-order valence-electron chi connectivity index (χ4n) is 1.77. The highest BCUT2D eigenvalue weighted by Crippen LogP contribution is 2.26. The molecule has 20 heavy (non-hydrogen) atoms. The Balaban J connectivity index is 2.26. The molecule has 0 amide bonds. The summed E-state index contributed by atoms with van der Waals surface area (Å²) in [7, 11) is 0. The lowest BCUT2D eigenvalue weighted by molar-refractivity contribution is 0.281. The van der Waals surface area contributed by atoms with Gasteiger partial charge >= 0.3 is 0 Å². The summed E-state index contributed by atoms with van der Waals surface area (Å²) in [6, 6.07) is 7.20. The van der Waals surface area contributed by atoms with Gasteiger partial charge in [-0.05, 0) is 31.0 Å². The van der Waals surface area contributed by atoms with Crippen molar-refractivity contribution in [2.24, 2.45) is 0 Å². The molecule has 5 heteroatoms. The minimum Gasteiger partial charge on any atom is -0.439 e. The molecule has 1 aromatic carbocycles. The van der Waals surface area contributed by atoms with Crippen molar-refractivity contribution in [2.75, 3.05) is 5.73 Å².